The maximum absolute atomic E-state index is 13.1. The highest BCUT2D eigenvalue weighted by Gasteiger charge is 2.12. The molecule has 0 aromatic heterocycles. The summed E-state index contributed by atoms with van der Waals surface area (Å²) in [4.78, 5) is 0. The predicted octanol–water partition coefficient (Wildman–Crippen LogP) is 2.71. The smallest absolute Gasteiger partial charge is 0.231 e. The Morgan fingerprint density at radius 2 is 1.92 bits per heavy atom. The van der Waals surface area contributed by atoms with E-state index >= 15 is 0 Å². The number of benzene rings is 2. The summed E-state index contributed by atoms with van der Waals surface area (Å²) in [7, 11) is -1.85. The van der Waals surface area contributed by atoms with Crippen molar-refractivity contribution < 1.29 is 12.8 Å². The second kappa shape index (κ2) is 7.59. The van der Waals surface area contributed by atoms with Crippen molar-refractivity contribution in [1.29, 1.82) is 0 Å². The van der Waals surface area contributed by atoms with Crippen molar-refractivity contribution in [3.05, 3.63) is 59.9 Å². The number of rotatable bonds is 5. The summed E-state index contributed by atoms with van der Waals surface area (Å²) in [6.45, 7) is 0.381. The van der Waals surface area contributed by atoms with Crippen LogP contribution in [0.4, 0.5) is 15.8 Å². The Labute approximate surface area is 146 Å². The fraction of sp³-hybridized carbons (Fsp3) is 0.188. The summed E-state index contributed by atoms with van der Waals surface area (Å²) >= 11 is 5.20. The van der Waals surface area contributed by atoms with Crippen molar-refractivity contribution >= 4 is 38.7 Å². The van der Waals surface area contributed by atoms with Gasteiger partial charge in [-0.3, -0.25) is 4.31 Å². The molecule has 5 nitrogen and oxygen atoms in total. The zero-order chi connectivity index (χ0) is 17.7. The summed E-state index contributed by atoms with van der Waals surface area (Å²) in [6, 6.07) is 13.1. The van der Waals surface area contributed by atoms with E-state index in [1.54, 1.807) is 36.4 Å². The highest BCUT2D eigenvalue weighted by molar-refractivity contribution is 7.92. The molecule has 24 heavy (non-hydrogen) atoms. The van der Waals surface area contributed by atoms with E-state index in [0.717, 1.165) is 11.8 Å². The van der Waals surface area contributed by atoms with Gasteiger partial charge in [0.1, 0.15) is 5.82 Å². The van der Waals surface area contributed by atoms with Crippen LogP contribution in [-0.4, -0.2) is 26.8 Å². The molecular weight excluding hydrogens is 349 g/mol. The summed E-state index contributed by atoms with van der Waals surface area (Å²) in [6.07, 6.45) is 1.14. The van der Waals surface area contributed by atoms with Gasteiger partial charge in [-0.25, -0.2) is 12.8 Å². The van der Waals surface area contributed by atoms with Gasteiger partial charge in [0, 0.05) is 19.3 Å². The fourth-order valence-electron chi connectivity index (χ4n) is 1.98. The predicted molar refractivity (Wildman–Crippen MR) is 99.1 cm³/mol. The molecule has 128 valence electrons. The molecule has 0 radical (unpaired) electrons. The molecule has 0 atom stereocenters. The third-order valence-corrected chi connectivity index (χ3v) is 4.76. The van der Waals surface area contributed by atoms with E-state index in [4.69, 9.17) is 12.2 Å². The van der Waals surface area contributed by atoms with Crippen molar-refractivity contribution in [3.8, 4) is 0 Å². The van der Waals surface area contributed by atoms with E-state index in [0.29, 0.717) is 23.0 Å². The molecule has 0 aliphatic rings. The lowest BCUT2D eigenvalue weighted by atomic mass is 10.2. The molecule has 0 aliphatic heterocycles. The normalized spacial score (nSPS) is 11.0. The first kappa shape index (κ1) is 18.2. The molecular formula is C16H18FN3O2S2. The van der Waals surface area contributed by atoms with Gasteiger partial charge in [-0.15, -0.1) is 0 Å². The summed E-state index contributed by atoms with van der Waals surface area (Å²) in [5.41, 5.74) is 1.94. The minimum Gasteiger partial charge on any atom is -0.358 e. The molecule has 2 N–H and O–H groups in total. The molecule has 0 spiro atoms. The lowest BCUT2D eigenvalue weighted by Crippen LogP contribution is -2.28. The van der Waals surface area contributed by atoms with Crippen molar-refractivity contribution in [2.45, 2.75) is 6.54 Å². The molecule has 0 aliphatic carbocycles. The summed E-state index contributed by atoms with van der Waals surface area (Å²) in [5, 5.41) is 6.31. The minimum atomic E-state index is -3.33. The number of nitrogens with one attached hydrogen (secondary N) is 2. The first-order chi connectivity index (χ1) is 11.3. The molecule has 2 rings (SSSR count). The Morgan fingerprint density at radius 1 is 1.21 bits per heavy atom. The monoisotopic (exact) mass is 367 g/mol. The lowest BCUT2D eigenvalue weighted by Gasteiger charge is -2.18. The molecule has 2 aromatic rings. The van der Waals surface area contributed by atoms with Crippen LogP contribution >= 0.6 is 12.2 Å². The number of thiocarbonyl (C=S) groups is 1. The lowest BCUT2D eigenvalue weighted by molar-refractivity contribution is 0.600. The van der Waals surface area contributed by atoms with Crippen LogP contribution in [0.2, 0.25) is 0 Å². The van der Waals surface area contributed by atoms with E-state index < -0.39 is 10.0 Å². The van der Waals surface area contributed by atoms with Crippen molar-refractivity contribution in [3.63, 3.8) is 0 Å². The van der Waals surface area contributed by atoms with E-state index in [2.05, 4.69) is 10.6 Å². The van der Waals surface area contributed by atoms with Gasteiger partial charge >= 0.3 is 0 Å². The van der Waals surface area contributed by atoms with Gasteiger partial charge in [-0.2, -0.15) is 0 Å². The van der Waals surface area contributed by atoms with Gasteiger partial charge in [0.2, 0.25) is 10.0 Å². The van der Waals surface area contributed by atoms with Gasteiger partial charge in [0.15, 0.2) is 5.11 Å². The Balaban J connectivity index is 1.99. The highest BCUT2D eigenvalue weighted by atomic mass is 32.2. The maximum atomic E-state index is 13.1. The average Bonchev–Trinajstić information content (AvgIpc) is 2.52. The molecule has 0 unspecified atom stereocenters. The quantitative estimate of drug-likeness (QED) is 0.796. The van der Waals surface area contributed by atoms with Gasteiger partial charge in [-0.05, 0) is 48.1 Å². The van der Waals surface area contributed by atoms with Gasteiger partial charge in [0.25, 0.3) is 0 Å². The van der Waals surface area contributed by atoms with Crippen LogP contribution in [0.5, 0.6) is 0 Å². The molecule has 0 heterocycles. The molecule has 0 amide bonds. The second-order valence-electron chi connectivity index (χ2n) is 5.22. The van der Waals surface area contributed by atoms with Gasteiger partial charge in [-0.1, -0.05) is 18.2 Å². The van der Waals surface area contributed by atoms with Gasteiger partial charge in [0.05, 0.1) is 11.9 Å². The van der Waals surface area contributed by atoms with Crippen LogP contribution in [0.3, 0.4) is 0 Å². The Kier molecular flexibility index (Phi) is 5.74. The topological polar surface area (TPSA) is 61.4 Å². The minimum absolute atomic E-state index is 0.301. The number of anilines is 2. The SMILES string of the molecule is CN(c1cccc(NC(=S)NCc2cccc(F)c2)c1)S(C)(=O)=O. The van der Waals surface area contributed by atoms with E-state index in [1.807, 2.05) is 0 Å². The first-order valence-corrected chi connectivity index (χ1v) is 9.34. The van der Waals surface area contributed by atoms with Crippen LogP contribution in [0.15, 0.2) is 48.5 Å². The number of hydrogen-bond donors (Lipinski definition) is 2. The highest BCUT2D eigenvalue weighted by Crippen LogP contribution is 2.20. The van der Waals surface area contributed by atoms with E-state index in [1.165, 1.54) is 23.5 Å². The molecule has 0 saturated heterocycles. The van der Waals surface area contributed by atoms with Crippen LogP contribution in [0.25, 0.3) is 0 Å². The summed E-state index contributed by atoms with van der Waals surface area (Å²) < 4.78 is 37.5. The first-order valence-electron chi connectivity index (χ1n) is 7.09. The Morgan fingerprint density at radius 3 is 2.58 bits per heavy atom. The van der Waals surface area contributed by atoms with Crippen molar-refractivity contribution in [2.24, 2.45) is 0 Å². The second-order valence-corrected chi connectivity index (χ2v) is 7.64. The fourth-order valence-corrected chi connectivity index (χ4v) is 2.66. The zero-order valence-electron chi connectivity index (χ0n) is 13.3. The van der Waals surface area contributed by atoms with Crippen molar-refractivity contribution in [2.75, 3.05) is 22.9 Å². The number of halogens is 1. The Bertz CT molecular complexity index is 841. The molecule has 2 aromatic carbocycles. The van der Waals surface area contributed by atoms with E-state index in [-0.39, 0.29) is 5.82 Å². The average molecular weight is 367 g/mol. The standard InChI is InChI=1S/C16H18FN3O2S2/c1-20(24(2,21)22)15-8-4-7-14(10-15)19-16(23)18-11-12-5-3-6-13(17)9-12/h3-10H,11H2,1-2H3,(H2,18,19,23). The van der Waals surface area contributed by atoms with Crippen LogP contribution in [0, 0.1) is 5.82 Å². The molecule has 0 saturated carbocycles. The zero-order valence-corrected chi connectivity index (χ0v) is 14.9. The van der Waals surface area contributed by atoms with Crippen LogP contribution in [-0.2, 0) is 16.6 Å². The third kappa shape index (κ3) is 5.17. The molecule has 0 fully saturated rings. The molecule has 8 heteroatoms. The van der Waals surface area contributed by atoms with Crippen LogP contribution < -0.4 is 14.9 Å². The largest absolute Gasteiger partial charge is 0.358 e. The number of hydrogen-bond acceptors (Lipinski definition) is 3. The van der Waals surface area contributed by atoms with E-state index in [9.17, 15) is 12.8 Å². The van der Waals surface area contributed by atoms with Crippen molar-refractivity contribution in [1.82, 2.24) is 5.32 Å². The van der Waals surface area contributed by atoms with Crippen LogP contribution in [0.1, 0.15) is 5.56 Å². The third-order valence-electron chi connectivity index (χ3n) is 3.31. The Hall–Kier alpha value is -2.19. The van der Waals surface area contributed by atoms with Gasteiger partial charge < -0.3 is 10.6 Å². The number of sulfonamides is 1. The molecule has 0 bridgehead atoms. The number of nitrogens with zero attached hydrogens (tertiary/aromatic N) is 1. The summed E-state index contributed by atoms with van der Waals surface area (Å²) in [5.74, 6) is -0.301. The maximum Gasteiger partial charge on any atom is 0.231 e.